The van der Waals surface area contributed by atoms with Crippen molar-refractivity contribution >= 4 is 27.0 Å². The lowest BCUT2D eigenvalue weighted by Gasteiger charge is -2.16. The van der Waals surface area contributed by atoms with Crippen molar-refractivity contribution in [1.29, 1.82) is 0 Å². The number of benzene rings is 2. The lowest BCUT2D eigenvalue weighted by molar-refractivity contribution is -0.136. The molecule has 3 rings (SSSR count). The Morgan fingerprint density at radius 1 is 1.10 bits per heavy atom. The molecule has 0 aliphatic rings. The molecule has 158 valence electrons. The molecule has 1 aromatic heterocycles. The summed E-state index contributed by atoms with van der Waals surface area (Å²) < 4.78 is 38.1. The van der Waals surface area contributed by atoms with Crippen LogP contribution in [-0.4, -0.2) is 20.4 Å². The van der Waals surface area contributed by atoms with Gasteiger partial charge >= 0.3 is 11.6 Å². The second kappa shape index (κ2) is 8.81. The number of fused-ring (bicyclic) bond motifs is 1. The van der Waals surface area contributed by atoms with Crippen molar-refractivity contribution in [1.82, 2.24) is 4.72 Å². The van der Waals surface area contributed by atoms with Crippen LogP contribution in [0.5, 0.6) is 5.75 Å². The molecule has 1 heterocycles. The SMILES string of the molecule is CCc1cc(=O)oc2cc(OC(=O)C(CC)NS(=O)(=O)c3ccc(C)cc3)ccc12. The summed E-state index contributed by atoms with van der Waals surface area (Å²) in [5.41, 5.74) is 1.57. The topological polar surface area (TPSA) is 103 Å². The molecule has 0 saturated heterocycles. The molecule has 8 heteroatoms. The molecule has 0 saturated carbocycles. The van der Waals surface area contributed by atoms with Gasteiger partial charge in [-0.3, -0.25) is 0 Å². The number of aryl methyl sites for hydroxylation is 2. The van der Waals surface area contributed by atoms with Crippen LogP contribution in [0.2, 0.25) is 0 Å². The van der Waals surface area contributed by atoms with Crippen LogP contribution in [0.25, 0.3) is 11.0 Å². The fourth-order valence-electron chi connectivity index (χ4n) is 3.02. The van der Waals surface area contributed by atoms with E-state index in [1.807, 2.05) is 13.8 Å². The van der Waals surface area contributed by atoms with Crippen molar-refractivity contribution < 1.29 is 22.4 Å². The van der Waals surface area contributed by atoms with E-state index < -0.39 is 27.7 Å². The Morgan fingerprint density at radius 2 is 1.80 bits per heavy atom. The van der Waals surface area contributed by atoms with Crippen LogP contribution >= 0.6 is 0 Å². The Morgan fingerprint density at radius 3 is 2.43 bits per heavy atom. The summed E-state index contributed by atoms with van der Waals surface area (Å²) in [6.07, 6.45) is 0.854. The number of hydrogen-bond acceptors (Lipinski definition) is 6. The van der Waals surface area contributed by atoms with Crippen molar-refractivity contribution in [2.75, 3.05) is 0 Å². The van der Waals surface area contributed by atoms with Gasteiger partial charge in [-0.2, -0.15) is 4.72 Å². The first kappa shape index (κ1) is 21.7. The van der Waals surface area contributed by atoms with Crippen molar-refractivity contribution in [3.63, 3.8) is 0 Å². The summed E-state index contributed by atoms with van der Waals surface area (Å²) >= 11 is 0. The summed E-state index contributed by atoms with van der Waals surface area (Å²) in [6, 6.07) is 11.4. The van der Waals surface area contributed by atoms with Crippen LogP contribution < -0.4 is 15.1 Å². The zero-order valence-electron chi connectivity index (χ0n) is 17.0. The number of ether oxygens (including phenoxy) is 1. The minimum Gasteiger partial charge on any atom is -0.425 e. The molecule has 1 unspecified atom stereocenters. The average Bonchev–Trinajstić information content (AvgIpc) is 2.71. The van der Waals surface area contributed by atoms with Crippen LogP contribution in [0.4, 0.5) is 0 Å². The van der Waals surface area contributed by atoms with E-state index in [1.165, 1.54) is 24.3 Å². The molecule has 0 bridgehead atoms. The minimum absolute atomic E-state index is 0.0684. The molecule has 1 atom stereocenters. The molecule has 3 aromatic rings. The average molecular weight is 429 g/mol. The summed E-state index contributed by atoms with van der Waals surface area (Å²) in [5.74, 6) is -0.585. The smallest absolute Gasteiger partial charge is 0.336 e. The lowest BCUT2D eigenvalue weighted by Crippen LogP contribution is -2.42. The van der Waals surface area contributed by atoms with Gasteiger partial charge in [0.25, 0.3) is 0 Å². The normalized spacial score (nSPS) is 12.6. The highest BCUT2D eigenvalue weighted by atomic mass is 32.2. The van der Waals surface area contributed by atoms with Crippen molar-refractivity contribution in [3.05, 3.63) is 70.1 Å². The van der Waals surface area contributed by atoms with Crippen molar-refractivity contribution in [2.45, 2.75) is 44.6 Å². The third-order valence-electron chi connectivity index (χ3n) is 4.72. The van der Waals surface area contributed by atoms with Crippen LogP contribution in [-0.2, 0) is 21.2 Å². The molecule has 0 amide bonds. The number of nitrogens with one attached hydrogen (secondary N) is 1. The summed E-state index contributed by atoms with van der Waals surface area (Å²) in [4.78, 5) is 24.4. The Labute approximate surface area is 174 Å². The Balaban J connectivity index is 1.81. The van der Waals surface area contributed by atoms with Crippen LogP contribution in [0, 0.1) is 6.92 Å². The molecule has 0 radical (unpaired) electrons. The Hall–Kier alpha value is -2.97. The molecule has 2 aromatic carbocycles. The molecular weight excluding hydrogens is 406 g/mol. The van der Waals surface area contributed by atoms with Gasteiger partial charge in [-0.15, -0.1) is 0 Å². The summed E-state index contributed by atoms with van der Waals surface area (Å²) in [6.45, 7) is 5.45. The van der Waals surface area contributed by atoms with Crippen LogP contribution in [0.3, 0.4) is 0 Å². The standard InChI is InChI=1S/C22H23NO6S/c1-4-15-12-21(24)29-20-13-16(8-11-18(15)20)28-22(25)19(5-2)23-30(26,27)17-9-6-14(3)7-10-17/h6-13,19,23H,4-5H2,1-3H3. The quantitative estimate of drug-likeness (QED) is 0.351. The molecule has 7 nitrogen and oxygen atoms in total. The largest absolute Gasteiger partial charge is 0.425 e. The van der Waals surface area contributed by atoms with E-state index in [0.29, 0.717) is 12.0 Å². The van der Waals surface area contributed by atoms with E-state index >= 15 is 0 Å². The van der Waals surface area contributed by atoms with Gasteiger partial charge in [-0.25, -0.2) is 18.0 Å². The fourth-order valence-corrected chi connectivity index (χ4v) is 4.29. The van der Waals surface area contributed by atoms with Crippen LogP contribution in [0.15, 0.2) is 62.6 Å². The second-order valence-electron chi connectivity index (χ2n) is 6.92. The molecule has 30 heavy (non-hydrogen) atoms. The monoisotopic (exact) mass is 429 g/mol. The van der Waals surface area contributed by atoms with Crippen molar-refractivity contribution in [3.8, 4) is 5.75 Å². The molecule has 0 aliphatic carbocycles. The van der Waals surface area contributed by atoms with Gasteiger partial charge in [0.05, 0.1) is 4.90 Å². The highest BCUT2D eigenvalue weighted by molar-refractivity contribution is 7.89. The van der Waals surface area contributed by atoms with E-state index in [1.54, 1.807) is 31.2 Å². The van der Waals surface area contributed by atoms with E-state index in [2.05, 4.69) is 4.72 Å². The van der Waals surface area contributed by atoms with E-state index in [4.69, 9.17) is 9.15 Å². The van der Waals surface area contributed by atoms with Gasteiger partial charge in [-0.05, 0) is 49.6 Å². The van der Waals surface area contributed by atoms with Gasteiger partial charge < -0.3 is 9.15 Å². The highest BCUT2D eigenvalue weighted by Crippen LogP contribution is 2.23. The maximum atomic E-state index is 12.6. The zero-order valence-corrected chi connectivity index (χ0v) is 17.8. The Bertz CT molecular complexity index is 1230. The summed E-state index contributed by atoms with van der Waals surface area (Å²) in [5, 5.41) is 0.754. The minimum atomic E-state index is -3.89. The maximum Gasteiger partial charge on any atom is 0.336 e. The number of rotatable bonds is 7. The van der Waals surface area contributed by atoms with Crippen molar-refractivity contribution in [2.24, 2.45) is 0 Å². The molecule has 1 N–H and O–H groups in total. The third-order valence-corrected chi connectivity index (χ3v) is 6.21. The van der Waals surface area contributed by atoms with E-state index in [-0.39, 0.29) is 17.1 Å². The van der Waals surface area contributed by atoms with Crippen LogP contribution in [0.1, 0.15) is 31.4 Å². The predicted molar refractivity (Wildman–Crippen MR) is 113 cm³/mol. The zero-order chi connectivity index (χ0) is 21.9. The maximum absolute atomic E-state index is 12.6. The van der Waals surface area contributed by atoms with Gasteiger partial charge in [-0.1, -0.05) is 31.5 Å². The van der Waals surface area contributed by atoms with Gasteiger partial charge in [0.15, 0.2) is 0 Å². The van der Waals surface area contributed by atoms with Gasteiger partial charge in [0, 0.05) is 17.5 Å². The highest BCUT2D eigenvalue weighted by Gasteiger charge is 2.26. The number of hydrogen-bond donors (Lipinski definition) is 1. The van der Waals surface area contributed by atoms with E-state index in [0.717, 1.165) is 16.5 Å². The number of carbonyl (C=O) groups is 1. The van der Waals surface area contributed by atoms with Gasteiger partial charge in [0.2, 0.25) is 10.0 Å². The number of esters is 1. The third kappa shape index (κ3) is 4.77. The predicted octanol–water partition coefficient (Wildman–Crippen LogP) is 3.33. The van der Waals surface area contributed by atoms with Gasteiger partial charge in [0.1, 0.15) is 17.4 Å². The molecule has 0 spiro atoms. The lowest BCUT2D eigenvalue weighted by atomic mass is 10.1. The number of carbonyl (C=O) groups excluding carboxylic acids is 1. The molecule has 0 aliphatic heterocycles. The fraction of sp³-hybridized carbons (Fsp3) is 0.273. The first-order valence-corrected chi connectivity index (χ1v) is 11.1. The number of sulfonamides is 1. The first-order chi connectivity index (χ1) is 14.2. The van der Waals surface area contributed by atoms with E-state index in [9.17, 15) is 18.0 Å². The Kier molecular flexibility index (Phi) is 6.38. The molecule has 0 fully saturated rings. The first-order valence-electron chi connectivity index (χ1n) is 9.61. The summed E-state index contributed by atoms with van der Waals surface area (Å²) in [7, 11) is -3.89. The molecular formula is C22H23NO6S. The second-order valence-corrected chi connectivity index (χ2v) is 8.63.